The van der Waals surface area contributed by atoms with E-state index in [1.54, 1.807) is 0 Å². The van der Waals surface area contributed by atoms with E-state index in [9.17, 15) is 0 Å². The van der Waals surface area contributed by atoms with Crippen LogP contribution in [0, 0.1) is 5.92 Å². The highest BCUT2D eigenvalue weighted by molar-refractivity contribution is 5.32. The first-order chi connectivity index (χ1) is 9.82. The smallest absolute Gasteiger partial charge is 0.120 e. The summed E-state index contributed by atoms with van der Waals surface area (Å²) in [7, 11) is 0. The maximum Gasteiger partial charge on any atom is 0.120 e. The van der Waals surface area contributed by atoms with Crippen molar-refractivity contribution in [2.75, 3.05) is 13.1 Å². The third kappa shape index (κ3) is 6.99. The minimum absolute atomic E-state index is 0.162. The van der Waals surface area contributed by atoms with E-state index in [1.807, 2.05) is 0 Å². The Labute approximate surface area is 131 Å². The fourth-order valence-corrected chi connectivity index (χ4v) is 2.29. The normalized spacial score (nSPS) is 13.5. The molecule has 1 unspecified atom stereocenters. The molecule has 0 fully saturated rings. The molecule has 0 saturated carbocycles. The zero-order valence-electron chi connectivity index (χ0n) is 14.7. The molecule has 2 nitrogen and oxygen atoms in total. The largest absolute Gasteiger partial charge is 0.489 e. The molecule has 1 atom stereocenters. The van der Waals surface area contributed by atoms with E-state index in [1.165, 1.54) is 5.56 Å². The number of benzene rings is 1. The summed E-state index contributed by atoms with van der Waals surface area (Å²) < 4.78 is 6.21. The van der Waals surface area contributed by atoms with E-state index in [0.29, 0.717) is 5.92 Å². The third-order valence-corrected chi connectivity index (χ3v) is 3.54. The van der Waals surface area contributed by atoms with E-state index in [0.717, 1.165) is 31.7 Å². The molecule has 0 bridgehead atoms. The summed E-state index contributed by atoms with van der Waals surface area (Å²) >= 11 is 0. The van der Waals surface area contributed by atoms with Crippen LogP contribution < -0.4 is 10.1 Å². The van der Waals surface area contributed by atoms with Crippen molar-refractivity contribution in [2.45, 2.75) is 65.9 Å². The van der Waals surface area contributed by atoms with Crippen LogP contribution in [0.1, 0.15) is 59.9 Å². The summed E-state index contributed by atoms with van der Waals surface area (Å²) in [4.78, 5) is 0. The highest BCUT2D eigenvalue weighted by Gasteiger charge is 2.15. The van der Waals surface area contributed by atoms with Crippen molar-refractivity contribution in [3.63, 3.8) is 0 Å². The number of rotatable bonds is 8. The maximum absolute atomic E-state index is 6.21. The summed E-state index contributed by atoms with van der Waals surface area (Å²) in [5.41, 5.74) is 1.49. The fraction of sp³-hybridized carbons (Fsp3) is 0.684. The first-order valence-electron chi connectivity index (χ1n) is 8.30. The molecule has 120 valence electrons. The van der Waals surface area contributed by atoms with Crippen LogP contribution in [0.3, 0.4) is 0 Å². The molecule has 0 saturated heterocycles. The third-order valence-electron chi connectivity index (χ3n) is 3.54. The first-order valence-corrected chi connectivity index (χ1v) is 8.30. The molecule has 1 N–H and O–H groups in total. The van der Waals surface area contributed by atoms with Crippen molar-refractivity contribution in [1.29, 1.82) is 0 Å². The van der Waals surface area contributed by atoms with Crippen LogP contribution in [0.2, 0.25) is 0 Å². The lowest BCUT2D eigenvalue weighted by atomic mass is 9.87. The van der Waals surface area contributed by atoms with Gasteiger partial charge in [0.25, 0.3) is 0 Å². The number of hydrogen-bond acceptors (Lipinski definition) is 2. The topological polar surface area (TPSA) is 21.3 Å². The van der Waals surface area contributed by atoms with Gasteiger partial charge in [0.2, 0.25) is 0 Å². The number of hydrogen-bond donors (Lipinski definition) is 1. The van der Waals surface area contributed by atoms with Crippen molar-refractivity contribution in [3.05, 3.63) is 29.8 Å². The van der Waals surface area contributed by atoms with Gasteiger partial charge in [0.05, 0.1) is 0 Å². The van der Waals surface area contributed by atoms with Crippen molar-refractivity contribution in [2.24, 2.45) is 5.92 Å². The predicted molar refractivity (Wildman–Crippen MR) is 92.2 cm³/mol. The SMILES string of the molecule is CCCC(CNCC(C)C)Oc1cccc(C(C)(C)C)c1. The summed E-state index contributed by atoms with van der Waals surface area (Å²) in [6, 6.07) is 8.53. The van der Waals surface area contributed by atoms with Gasteiger partial charge in [-0.25, -0.2) is 0 Å². The van der Waals surface area contributed by atoms with Crippen LogP contribution in [0.4, 0.5) is 0 Å². The van der Waals surface area contributed by atoms with E-state index >= 15 is 0 Å². The van der Waals surface area contributed by atoms with Crippen molar-refractivity contribution in [3.8, 4) is 5.75 Å². The molecule has 0 amide bonds. The van der Waals surface area contributed by atoms with Gasteiger partial charge < -0.3 is 10.1 Å². The average molecular weight is 291 g/mol. The Morgan fingerprint density at radius 2 is 1.86 bits per heavy atom. The standard InChI is InChI=1S/C19H33NO/c1-7-9-18(14-20-13-15(2)3)21-17-11-8-10-16(12-17)19(4,5)6/h8,10-12,15,18,20H,7,9,13-14H2,1-6H3. The molecule has 1 rings (SSSR count). The van der Waals surface area contributed by atoms with Gasteiger partial charge in [-0.05, 0) is 42.0 Å². The quantitative estimate of drug-likeness (QED) is 0.744. The van der Waals surface area contributed by atoms with Crippen molar-refractivity contribution >= 4 is 0 Å². The van der Waals surface area contributed by atoms with E-state index in [4.69, 9.17) is 4.74 Å². The molecule has 0 aliphatic carbocycles. The molecule has 1 aromatic carbocycles. The van der Waals surface area contributed by atoms with Crippen LogP contribution in [0.15, 0.2) is 24.3 Å². The minimum Gasteiger partial charge on any atom is -0.489 e. The Morgan fingerprint density at radius 3 is 2.43 bits per heavy atom. The van der Waals surface area contributed by atoms with Gasteiger partial charge in [-0.2, -0.15) is 0 Å². The Bertz CT molecular complexity index is 406. The van der Waals surface area contributed by atoms with Crippen LogP contribution in [-0.2, 0) is 5.41 Å². The zero-order chi connectivity index (χ0) is 15.9. The second-order valence-corrected chi connectivity index (χ2v) is 7.36. The molecule has 0 aromatic heterocycles. The molecule has 0 aliphatic rings. The van der Waals surface area contributed by atoms with Gasteiger partial charge in [-0.1, -0.05) is 60.1 Å². The molecule has 1 aromatic rings. The maximum atomic E-state index is 6.21. The molecule has 0 spiro atoms. The molecule has 2 heteroatoms. The Kier molecular flexibility index (Phi) is 7.24. The van der Waals surface area contributed by atoms with Gasteiger partial charge >= 0.3 is 0 Å². The summed E-state index contributed by atoms with van der Waals surface area (Å²) in [5.74, 6) is 1.67. The Hall–Kier alpha value is -1.02. The second kappa shape index (κ2) is 8.43. The van der Waals surface area contributed by atoms with Gasteiger partial charge in [0.15, 0.2) is 0 Å². The van der Waals surface area contributed by atoms with Crippen molar-refractivity contribution < 1.29 is 4.74 Å². The monoisotopic (exact) mass is 291 g/mol. The fourth-order valence-electron chi connectivity index (χ4n) is 2.29. The van der Waals surface area contributed by atoms with Crippen LogP contribution >= 0.6 is 0 Å². The number of nitrogens with one attached hydrogen (secondary N) is 1. The molecule has 0 heterocycles. The Balaban J connectivity index is 2.65. The predicted octanol–water partition coefficient (Wildman–Crippen LogP) is 4.78. The van der Waals surface area contributed by atoms with Crippen LogP contribution in [0.5, 0.6) is 5.75 Å². The highest BCUT2D eigenvalue weighted by atomic mass is 16.5. The lowest BCUT2D eigenvalue weighted by Crippen LogP contribution is -2.33. The molecular weight excluding hydrogens is 258 g/mol. The van der Waals surface area contributed by atoms with Gasteiger partial charge in [0, 0.05) is 6.54 Å². The lowest BCUT2D eigenvalue weighted by molar-refractivity contribution is 0.185. The van der Waals surface area contributed by atoms with Crippen LogP contribution in [-0.4, -0.2) is 19.2 Å². The molecule has 0 aliphatic heterocycles. The Morgan fingerprint density at radius 1 is 1.14 bits per heavy atom. The summed E-state index contributed by atoms with van der Waals surface area (Å²) in [6.45, 7) is 15.4. The molecular formula is C19H33NO. The van der Waals surface area contributed by atoms with Crippen molar-refractivity contribution in [1.82, 2.24) is 5.32 Å². The van der Waals surface area contributed by atoms with E-state index < -0.39 is 0 Å². The lowest BCUT2D eigenvalue weighted by Gasteiger charge is -2.23. The van der Waals surface area contributed by atoms with Crippen LogP contribution in [0.25, 0.3) is 0 Å². The highest BCUT2D eigenvalue weighted by Crippen LogP contribution is 2.26. The molecule has 0 radical (unpaired) electrons. The van der Waals surface area contributed by atoms with Gasteiger partial charge in [0.1, 0.15) is 11.9 Å². The van der Waals surface area contributed by atoms with Gasteiger partial charge in [-0.15, -0.1) is 0 Å². The zero-order valence-corrected chi connectivity index (χ0v) is 14.7. The summed E-state index contributed by atoms with van der Waals surface area (Å²) in [6.07, 6.45) is 2.49. The second-order valence-electron chi connectivity index (χ2n) is 7.36. The molecule has 21 heavy (non-hydrogen) atoms. The first kappa shape index (κ1) is 18.0. The van der Waals surface area contributed by atoms with Gasteiger partial charge in [-0.3, -0.25) is 0 Å². The van der Waals surface area contributed by atoms with E-state index in [-0.39, 0.29) is 11.5 Å². The summed E-state index contributed by atoms with van der Waals surface area (Å²) in [5, 5.41) is 3.51. The average Bonchev–Trinajstić information content (AvgIpc) is 2.38. The minimum atomic E-state index is 0.162. The van der Waals surface area contributed by atoms with E-state index in [2.05, 4.69) is 71.1 Å². The number of ether oxygens (including phenoxy) is 1.